The van der Waals surface area contributed by atoms with Gasteiger partial charge in [0.2, 0.25) is 0 Å². The Morgan fingerprint density at radius 3 is 2.69 bits per heavy atom. The van der Waals surface area contributed by atoms with Crippen molar-refractivity contribution in [2.24, 2.45) is 5.10 Å². The molecule has 9 nitrogen and oxygen atoms in total. The van der Waals surface area contributed by atoms with Gasteiger partial charge in [-0.15, -0.1) is 0 Å². The zero-order valence-corrected chi connectivity index (χ0v) is 17.8. The summed E-state index contributed by atoms with van der Waals surface area (Å²) in [7, 11) is 0. The predicted octanol–water partition coefficient (Wildman–Crippen LogP) is 1.76. The first-order valence-corrected chi connectivity index (χ1v) is 10.3. The van der Waals surface area contributed by atoms with Crippen molar-refractivity contribution in [3.63, 3.8) is 0 Å². The maximum Gasteiger partial charge on any atom is 0.329 e. The number of amides is 3. The Morgan fingerprint density at radius 1 is 1.12 bits per heavy atom. The third-order valence-electron chi connectivity index (χ3n) is 4.79. The number of ether oxygens (including phenoxy) is 2. The maximum absolute atomic E-state index is 12.2. The van der Waals surface area contributed by atoms with Gasteiger partial charge < -0.3 is 20.1 Å². The first-order valence-electron chi connectivity index (χ1n) is 10.3. The van der Waals surface area contributed by atoms with Crippen molar-refractivity contribution >= 4 is 29.6 Å². The van der Waals surface area contributed by atoms with Crippen molar-refractivity contribution in [1.82, 2.24) is 10.7 Å². The minimum absolute atomic E-state index is 0.0534. The SMILES string of the molecule is Cc1ccccc1NC(=O)COc1ccccc1/C=N\NC(=O)C(=O)NC[C@H]1CCCO1. The number of carbonyl (C=O) groups is 3. The molecule has 1 aliphatic rings. The van der Waals surface area contributed by atoms with Gasteiger partial charge in [-0.05, 0) is 43.5 Å². The van der Waals surface area contributed by atoms with Crippen LogP contribution in [0.5, 0.6) is 5.75 Å². The lowest BCUT2D eigenvalue weighted by Gasteiger charge is -2.11. The average Bonchev–Trinajstić information content (AvgIpc) is 3.32. The van der Waals surface area contributed by atoms with Crippen molar-refractivity contribution in [2.75, 3.05) is 25.1 Å². The Hall–Kier alpha value is -3.72. The fourth-order valence-electron chi connectivity index (χ4n) is 3.06. The Labute approximate surface area is 186 Å². The number of aryl methyl sites for hydroxylation is 1. The van der Waals surface area contributed by atoms with Crippen molar-refractivity contribution in [3.8, 4) is 5.75 Å². The minimum atomic E-state index is -0.879. The molecule has 3 N–H and O–H groups in total. The van der Waals surface area contributed by atoms with E-state index in [-0.39, 0.29) is 25.2 Å². The van der Waals surface area contributed by atoms with Crippen LogP contribution in [0.4, 0.5) is 5.69 Å². The van der Waals surface area contributed by atoms with Gasteiger partial charge in [-0.1, -0.05) is 30.3 Å². The molecular weight excluding hydrogens is 412 g/mol. The van der Waals surface area contributed by atoms with E-state index < -0.39 is 11.8 Å². The van der Waals surface area contributed by atoms with Gasteiger partial charge in [-0.25, -0.2) is 5.43 Å². The highest BCUT2D eigenvalue weighted by Crippen LogP contribution is 2.17. The van der Waals surface area contributed by atoms with Gasteiger partial charge >= 0.3 is 11.8 Å². The molecule has 2 aromatic carbocycles. The molecule has 1 heterocycles. The first kappa shape index (κ1) is 23.0. The van der Waals surface area contributed by atoms with Crippen LogP contribution >= 0.6 is 0 Å². The fraction of sp³-hybridized carbons (Fsp3) is 0.304. The summed E-state index contributed by atoms with van der Waals surface area (Å²) < 4.78 is 11.0. The minimum Gasteiger partial charge on any atom is -0.483 e. The highest BCUT2D eigenvalue weighted by Gasteiger charge is 2.19. The highest BCUT2D eigenvalue weighted by molar-refractivity contribution is 6.35. The summed E-state index contributed by atoms with van der Waals surface area (Å²) in [6.45, 7) is 2.67. The largest absolute Gasteiger partial charge is 0.483 e. The molecule has 1 atom stereocenters. The number of nitrogens with zero attached hydrogens (tertiary/aromatic N) is 1. The van der Waals surface area contributed by atoms with E-state index in [1.54, 1.807) is 24.3 Å². The maximum atomic E-state index is 12.2. The molecule has 0 bridgehead atoms. The number of hydrogen-bond acceptors (Lipinski definition) is 6. The first-order chi connectivity index (χ1) is 15.5. The van der Waals surface area contributed by atoms with Gasteiger partial charge in [-0.3, -0.25) is 14.4 Å². The van der Waals surface area contributed by atoms with Crippen LogP contribution in [-0.4, -0.2) is 49.8 Å². The summed E-state index contributed by atoms with van der Waals surface area (Å²) in [5.74, 6) is -1.55. The number of carbonyl (C=O) groups excluding carboxylic acids is 3. The lowest BCUT2D eigenvalue weighted by atomic mass is 10.2. The van der Waals surface area contributed by atoms with Gasteiger partial charge in [0.05, 0.1) is 12.3 Å². The summed E-state index contributed by atoms with van der Waals surface area (Å²) in [4.78, 5) is 35.9. The molecule has 9 heteroatoms. The normalized spacial score (nSPS) is 15.3. The number of nitrogens with one attached hydrogen (secondary N) is 3. The second-order valence-electron chi connectivity index (χ2n) is 7.23. The van der Waals surface area contributed by atoms with Crippen LogP contribution in [-0.2, 0) is 19.1 Å². The highest BCUT2D eigenvalue weighted by atomic mass is 16.5. The smallest absolute Gasteiger partial charge is 0.329 e. The van der Waals surface area contributed by atoms with E-state index in [1.165, 1.54) is 6.21 Å². The lowest BCUT2D eigenvalue weighted by molar-refractivity contribution is -0.139. The van der Waals surface area contributed by atoms with Crippen LogP contribution in [0.1, 0.15) is 24.0 Å². The average molecular weight is 438 g/mol. The van der Waals surface area contributed by atoms with Crippen molar-refractivity contribution < 1.29 is 23.9 Å². The van der Waals surface area contributed by atoms with E-state index in [9.17, 15) is 14.4 Å². The van der Waals surface area contributed by atoms with Crippen LogP contribution in [0.25, 0.3) is 0 Å². The summed E-state index contributed by atoms with van der Waals surface area (Å²) >= 11 is 0. The predicted molar refractivity (Wildman–Crippen MR) is 119 cm³/mol. The summed E-state index contributed by atoms with van der Waals surface area (Å²) in [6, 6.07) is 14.4. The third kappa shape index (κ3) is 6.92. The zero-order chi connectivity index (χ0) is 22.8. The standard InChI is InChI=1S/C23H26N4O5/c1-16-7-2-4-10-19(16)26-21(28)15-32-20-11-5-3-8-17(20)13-25-27-23(30)22(29)24-14-18-9-6-12-31-18/h2-5,7-8,10-11,13,18H,6,9,12,14-15H2,1H3,(H,24,29)(H,26,28)(H,27,30)/b25-13-/t18-/m1/s1. The van der Waals surface area contributed by atoms with Crippen LogP contribution < -0.4 is 20.8 Å². The van der Waals surface area contributed by atoms with Gasteiger partial charge in [0.25, 0.3) is 5.91 Å². The molecule has 3 rings (SSSR count). The number of para-hydroxylation sites is 2. The van der Waals surface area contributed by atoms with E-state index in [2.05, 4.69) is 21.2 Å². The monoisotopic (exact) mass is 438 g/mol. The second kappa shape index (κ2) is 11.6. The van der Waals surface area contributed by atoms with Crippen LogP contribution in [0.2, 0.25) is 0 Å². The van der Waals surface area contributed by atoms with E-state index in [4.69, 9.17) is 9.47 Å². The molecule has 1 aliphatic heterocycles. The van der Waals surface area contributed by atoms with Crippen molar-refractivity contribution in [3.05, 3.63) is 59.7 Å². The molecule has 0 aromatic heterocycles. The van der Waals surface area contributed by atoms with Crippen LogP contribution in [0.15, 0.2) is 53.6 Å². The van der Waals surface area contributed by atoms with Gasteiger partial charge in [-0.2, -0.15) is 5.10 Å². The van der Waals surface area contributed by atoms with E-state index in [1.807, 2.05) is 31.2 Å². The summed E-state index contributed by atoms with van der Waals surface area (Å²) in [5, 5.41) is 9.13. The van der Waals surface area contributed by atoms with E-state index in [0.717, 1.165) is 24.1 Å². The van der Waals surface area contributed by atoms with Gasteiger partial charge in [0, 0.05) is 24.4 Å². The molecule has 3 amide bonds. The molecule has 2 aromatic rings. The van der Waals surface area contributed by atoms with Crippen LogP contribution in [0, 0.1) is 6.92 Å². The summed E-state index contributed by atoms with van der Waals surface area (Å²) in [5.41, 5.74) is 4.39. The second-order valence-corrected chi connectivity index (χ2v) is 7.23. The van der Waals surface area contributed by atoms with E-state index in [0.29, 0.717) is 17.9 Å². The number of hydrazone groups is 1. The molecular formula is C23H26N4O5. The van der Waals surface area contributed by atoms with Crippen molar-refractivity contribution in [1.29, 1.82) is 0 Å². The molecule has 168 valence electrons. The molecule has 1 saturated heterocycles. The Kier molecular flexibility index (Phi) is 8.33. The Morgan fingerprint density at radius 2 is 1.91 bits per heavy atom. The molecule has 0 saturated carbocycles. The lowest BCUT2D eigenvalue weighted by Crippen LogP contribution is -2.41. The quantitative estimate of drug-likeness (QED) is 0.330. The number of rotatable bonds is 8. The molecule has 0 spiro atoms. The van der Waals surface area contributed by atoms with Crippen molar-refractivity contribution in [2.45, 2.75) is 25.9 Å². The molecule has 32 heavy (non-hydrogen) atoms. The fourth-order valence-corrected chi connectivity index (χ4v) is 3.06. The third-order valence-corrected chi connectivity index (χ3v) is 4.79. The molecule has 0 unspecified atom stereocenters. The molecule has 1 fully saturated rings. The number of benzene rings is 2. The van der Waals surface area contributed by atoms with Gasteiger partial charge in [0.1, 0.15) is 5.75 Å². The zero-order valence-electron chi connectivity index (χ0n) is 17.8. The van der Waals surface area contributed by atoms with Crippen LogP contribution in [0.3, 0.4) is 0 Å². The Bertz CT molecular complexity index is 986. The number of hydrogen-bond donors (Lipinski definition) is 3. The Balaban J connectivity index is 1.48. The molecule has 0 radical (unpaired) electrons. The van der Waals surface area contributed by atoms with E-state index >= 15 is 0 Å². The topological polar surface area (TPSA) is 118 Å². The molecule has 0 aliphatic carbocycles. The number of anilines is 1. The van der Waals surface area contributed by atoms with Gasteiger partial charge in [0.15, 0.2) is 6.61 Å². The summed E-state index contributed by atoms with van der Waals surface area (Å²) in [6.07, 6.45) is 3.11.